The molecule has 1 aliphatic rings. The van der Waals surface area contributed by atoms with Crippen LogP contribution in [0.2, 0.25) is 0 Å². The van der Waals surface area contributed by atoms with E-state index in [0.717, 1.165) is 30.9 Å². The first kappa shape index (κ1) is 18.6. The molecule has 0 saturated carbocycles. The molecule has 0 aliphatic heterocycles. The fraction of sp³-hybridized carbons (Fsp3) is 0.632. The Bertz CT molecular complexity index is 582. The van der Waals surface area contributed by atoms with Gasteiger partial charge in [0.15, 0.2) is 5.96 Å². The molecular formula is C19H31N3O2. The average Bonchev–Trinajstić information content (AvgIpc) is 2.58. The number of hydrogen-bond donors (Lipinski definition) is 3. The molecule has 1 aliphatic carbocycles. The highest BCUT2D eigenvalue weighted by atomic mass is 16.5. The lowest BCUT2D eigenvalue weighted by Gasteiger charge is -2.24. The van der Waals surface area contributed by atoms with E-state index in [1.807, 2.05) is 26.8 Å². The van der Waals surface area contributed by atoms with Crippen molar-refractivity contribution >= 4 is 5.96 Å². The third kappa shape index (κ3) is 4.87. The van der Waals surface area contributed by atoms with E-state index in [0.29, 0.717) is 18.8 Å². The van der Waals surface area contributed by atoms with Crippen LogP contribution in [-0.2, 0) is 24.1 Å². The highest BCUT2D eigenvalue weighted by Crippen LogP contribution is 2.31. The second kappa shape index (κ2) is 8.38. The Balaban J connectivity index is 2.14. The number of fused-ring (bicyclic) bond motifs is 1. The van der Waals surface area contributed by atoms with E-state index in [-0.39, 0.29) is 5.60 Å². The summed E-state index contributed by atoms with van der Waals surface area (Å²) in [7, 11) is 1.71. The van der Waals surface area contributed by atoms with Gasteiger partial charge in [-0.2, -0.15) is 0 Å². The standard InChI is InChI=1S/C19H31N3O2/c1-5-20-18(22-13-19(2,3)24-4)21-12-16-15-9-7-6-8-14(15)10-11-17(16)23/h10-11,23H,5-9,12-13H2,1-4H3,(H2,20,21,22). The maximum absolute atomic E-state index is 10.3. The van der Waals surface area contributed by atoms with Crippen LogP contribution in [0.25, 0.3) is 0 Å². The first-order valence-electron chi connectivity index (χ1n) is 8.86. The number of nitrogens with zero attached hydrogens (tertiary/aromatic N) is 1. The molecule has 0 spiro atoms. The predicted octanol–water partition coefficient (Wildman–Crippen LogP) is 2.75. The van der Waals surface area contributed by atoms with Gasteiger partial charge in [-0.25, -0.2) is 4.99 Å². The van der Waals surface area contributed by atoms with Gasteiger partial charge < -0.3 is 20.5 Å². The van der Waals surface area contributed by atoms with E-state index in [4.69, 9.17) is 4.74 Å². The Morgan fingerprint density at radius 2 is 2.00 bits per heavy atom. The van der Waals surface area contributed by atoms with E-state index in [2.05, 4.69) is 21.7 Å². The molecule has 0 saturated heterocycles. The second-order valence-electron chi connectivity index (χ2n) is 6.92. The minimum atomic E-state index is -0.260. The Labute approximate surface area is 145 Å². The molecule has 134 valence electrons. The second-order valence-corrected chi connectivity index (χ2v) is 6.92. The zero-order chi connectivity index (χ0) is 17.6. The summed E-state index contributed by atoms with van der Waals surface area (Å²) >= 11 is 0. The number of rotatable bonds is 6. The minimum Gasteiger partial charge on any atom is -0.508 e. The zero-order valence-corrected chi connectivity index (χ0v) is 15.4. The molecule has 0 fully saturated rings. The summed E-state index contributed by atoms with van der Waals surface area (Å²) in [6.07, 6.45) is 4.56. The molecule has 0 radical (unpaired) electrons. The molecule has 1 aromatic carbocycles. The van der Waals surface area contributed by atoms with E-state index < -0.39 is 0 Å². The molecule has 0 atom stereocenters. The fourth-order valence-electron chi connectivity index (χ4n) is 2.94. The van der Waals surface area contributed by atoms with Crippen molar-refractivity contribution in [3.63, 3.8) is 0 Å². The highest BCUT2D eigenvalue weighted by molar-refractivity contribution is 5.79. The van der Waals surface area contributed by atoms with Crippen LogP contribution in [0.3, 0.4) is 0 Å². The molecule has 24 heavy (non-hydrogen) atoms. The number of guanidine groups is 1. The van der Waals surface area contributed by atoms with Crippen molar-refractivity contribution in [2.45, 2.75) is 58.6 Å². The molecule has 0 aromatic heterocycles. The van der Waals surface area contributed by atoms with Gasteiger partial charge in [0.05, 0.1) is 12.1 Å². The number of aliphatic imine (C=N–C) groups is 1. The summed E-state index contributed by atoms with van der Waals surface area (Å²) in [4.78, 5) is 4.67. The number of benzene rings is 1. The van der Waals surface area contributed by atoms with Crippen molar-refractivity contribution in [3.05, 3.63) is 28.8 Å². The largest absolute Gasteiger partial charge is 0.508 e. The van der Waals surface area contributed by atoms with Crippen LogP contribution < -0.4 is 10.6 Å². The van der Waals surface area contributed by atoms with Crippen LogP contribution in [0.15, 0.2) is 17.1 Å². The topological polar surface area (TPSA) is 65.9 Å². The third-order valence-electron chi connectivity index (χ3n) is 4.60. The quantitative estimate of drug-likeness (QED) is 0.553. The zero-order valence-electron chi connectivity index (χ0n) is 15.4. The molecule has 3 N–H and O–H groups in total. The van der Waals surface area contributed by atoms with Gasteiger partial charge in [-0.3, -0.25) is 0 Å². The molecule has 0 amide bonds. The Morgan fingerprint density at radius 1 is 1.25 bits per heavy atom. The van der Waals surface area contributed by atoms with Crippen LogP contribution in [0.1, 0.15) is 50.3 Å². The first-order chi connectivity index (χ1) is 11.5. The molecule has 2 rings (SSSR count). The van der Waals surface area contributed by atoms with Gasteiger partial charge in [-0.05, 0) is 63.6 Å². The van der Waals surface area contributed by atoms with E-state index in [1.165, 1.54) is 24.0 Å². The van der Waals surface area contributed by atoms with Gasteiger partial charge in [0.1, 0.15) is 5.75 Å². The summed E-state index contributed by atoms with van der Waals surface area (Å²) in [5.41, 5.74) is 3.36. The number of phenolic OH excluding ortho intramolecular Hbond substituents is 1. The smallest absolute Gasteiger partial charge is 0.191 e. The van der Waals surface area contributed by atoms with Crippen LogP contribution in [0, 0.1) is 0 Å². The number of ether oxygens (including phenoxy) is 1. The minimum absolute atomic E-state index is 0.260. The van der Waals surface area contributed by atoms with Gasteiger partial charge in [-0.15, -0.1) is 0 Å². The van der Waals surface area contributed by atoms with Gasteiger partial charge in [0.25, 0.3) is 0 Å². The summed E-state index contributed by atoms with van der Waals surface area (Å²) < 4.78 is 5.44. The number of hydrogen-bond acceptors (Lipinski definition) is 3. The Hall–Kier alpha value is -1.75. The normalized spacial score (nSPS) is 15.1. The molecule has 0 bridgehead atoms. The summed E-state index contributed by atoms with van der Waals surface area (Å²) in [6, 6.07) is 3.87. The van der Waals surface area contributed by atoms with Crippen molar-refractivity contribution in [1.29, 1.82) is 0 Å². The van der Waals surface area contributed by atoms with Crippen molar-refractivity contribution < 1.29 is 9.84 Å². The van der Waals surface area contributed by atoms with Crippen LogP contribution >= 0.6 is 0 Å². The van der Waals surface area contributed by atoms with Crippen LogP contribution in [0.4, 0.5) is 0 Å². The summed E-state index contributed by atoms with van der Waals surface area (Å²) in [5.74, 6) is 1.10. The predicted molar refractivity (Wildman–Crippen MR) is 98.7 cm³/mol. The Kier molecular flexibility index (Phi) is 6.49. The van der Waals surface area contributed by atoms with Gasteiger partial charge in [0, 0.05) is 25.8 Å². The Morgan fingerprint density at radius 3 is 2.71 bits per heavy atom. The molecule has 5 nitrogen and oxygen atoms in total. The van der Waals surface area contributed by atoms with Gasteiger partial charge >= 0.3 is 0 Å². The lowest BCUT2D eigenvalue weighted by atomic mass is 9.88. The SMILES string of the molecule is CCNC(=NCc1c(O)ccc2c1CCCC2)NCC(C)(C)OC. The molecule has 0 heterocycles. The molecular weight excluding hydrogens is 302 g/mol. The number of phenols is 1. The van der Waals surface area contributed by atoms with Gasteiger partial charge in [0.2, 0.25) is 0 Å². The van der Waals surface area contributed by atoms with Crippen molar-refractivity contribution in [1.82, 2.24) is 10.6 Å². The maximum Gasteiger partial charge on any atom is 0.191 e. The summed E-state index contributed by atoms with van der Waals surface area (Å²) in [6.45, 7) is 8.04. The summed E-state index contributed by atoms with van der Waals surface area (Å²) in [5, 5.41) is 16.8. The fourth-order valence-corrected chi connectivity index (χ4v) is 2.94. The highest BCUT2D eigenvalue weighted by Gasteiger charge is 2.18. The number of aromatic hydroxyl groups is 1. The first-order valence-corrected chi connectivity index (χ1v) is 8.86. The monoisotopic (exact) mass is 333 g/mol. The molecule has 1 aromatic rings. The lowest BCUT2D eigenvalue weighted by Crippen LogP contribution is -2.45. The number of nitrogens with one attached hydrogen (secondary N) is 2. The van der Waals surface area contributed by atoms with Crippen LogP contribution in [-0.4, -0.2) is 36.9 Å². The molecule has 0 unspecified atom stereocenters. The van der Waals surface area contributed by atoms with Crippen molar-refractivity contribution in [3.8, 4) is 5.75 Å². The van der Waals surface area contributed by atoms with Crippen molar-refractivity contribution in [2.75, 3.05) is 20.2 Å². The van der Waals surface area contributed by atoms with E-state index in [1.54, 1.807) is 7.11 Å². The van der Waals surface area contributed by atoms with E-state index >= 15 is 0 Å². The van der Waals surface area contributed by atoms with Crippen molar-refractivity contribution in [2.24, 2.45) is 4.99 Å². The third-order valence-corrected chi connectivity index (χ3v) is 4.60. The lowest BCUT2D eigenvalue weighted by molar-refractivity contribution is 0.0268. The average molecular weight is 333 g/mol. The maximum atomic E-state index is 10.3. The van der Waals surface area contributed by atoms with Gasteiger partial charge in [-0.1, -0.05) is 6.07 Å². The molecule has 5 heteroatoms. The number of aryl methyl sites for hydroxylation is 1. The number of methoxy groups -OCH3 is 1. The van der Waals surface area contributed by atoms with Crippen LogP contribution in [0.5, 0.6) is 5.75 Å². The van der Waals surface area contributed by atoms with E-state index in [9.17, 15) is 5.11 Å².